The van der Waals surface area contributed by atoms with Gasteiger partial charge in [0, 0.05) is 0 Å². The summed E-state index contributed by atoms with van der Waals surface area (Å²) in [6.45, 7) is 2.79. The molecule has 5 heteroatoms. The van der Waals surface area contributed by atoms with Gasteiger partial charge in [0.2, 0.25) is 0 Å². The third-order valence-corrected chi connectivity index (χ3v) is 4.03. The van der Waals surface area contributed by atoms with Gasteiger partial charge in [-0.25, -0.2) is 0 Å². The van der Waals surface area contributed by atoms with Gasteiger partial charge in [0.05, 0.1) is 13.2 Å². The molecule has 0 heterocycles. The van der Waals surface area contributed by atoms with Gasteiger partial charge in [0.25, 0.3) is 0 Å². The lowest BCUT2D eigenvalue weighted by molar-refractivity contribution is -0.688. The van der Waals surface area contributed by atoms with Gasteiger partial charge in [-0.2, -0.15) is 0 Å². The Balaban J connectivity index is 2.29. The van der Waals surface area contributed by atoms with Crippen molar-refractivity contribution in [2.45, 2.75) is 69.8 Å². The molecule has 0 fully saturated rings. The van der Waals surface area contributed by atoms with Crippen molar-refractivity contribution in [3.8, 4) is 0 Å². The number of hydrogen-bond acceptors (Lipinski definition) is 4. The van der Waals surface area contributed by atoms with Gasteiger partial charge < -0.3 is 25.7 Å². The van der Waals surface area contributed by atoms with E-state index >= 15 is 0 Å². The largest absolute Gasteiger partial charge is 0.392 e. The highest BCUT2D eigenvalue weighted by atomic mass is 16.4. The normalized spacial score (nSPS) is 30.4. The van der Waals surface area contributed by atoms with Gasteiger partial charge in [-0.15, -0.1) is 0 Å². The molecular weight excluding hydrogens is 258 g/mol. The summed E-state index contributed by atoms with van der Waals surface area (Å²) in [5, 5.41) is 40.5. The minimum absolute atomic E-state index is 0.285. The van der Waals surface area contributed by atoms with Crippen LogP contribution in [0.15, 0.2) is 11.6 Å². The molecular formula is C15H30NO4+. The Hall–Kier alpha value is -0.460. The number of rotatable bonds is 9. The summed E-state index contributed by atoms with van der Waals surface area (Å²) in [4.78, 5) is 0. The number of aliphatic hydroxyl groups is 4. The van der Waals surface area contributed by atoms with Crippen LogP contribution >= 0.6 is 0 Å². The predicted molar refractivity (Wildman–Crippen MR) is 77.1 cm³/mol. The van der Waals surface area contributed by atoms with Gasteiger partial charge in [-0.05, 0) is 24.5 Å². The molecule has 118 valence electrons. The maximum absolute atomic E-state index is 9.93. The van der Waals surface area contributed by atoms with E-state index in [4.69, 9.17) is 5.11 Å². The van der Waals surface area contributed by atoms with E-state index in [1.165, 1.54) is 32.1 Å². The molecule has 20 heavy (non-hydrogen) atoms. The summed E-state index contributed by atoms with van der Waals surface area (Å²) in [6, 6.07) is -0.286. The Morgan fingerprint density at radius 1 is 1.00 bits per heavy atom. The van der Waals surface area contributed by atoms with Crippen LogP contribution in [0.25, 0.3) is 0 Å². The number of quaternary nitrogens is 1. The molecule has 0 radical (unpaired) electrons. The Labute approximate surface area is 121 Å². The van der Waals surface area contributed by atoms with Crippen molar-refractivity contribution < 1.29 is 25.7 Å². The van der Waals surface area contributed by atoms with Gasteiger partial charge >= 0.3 is 0 Å². The lowest BCUT2D eigenvalue weighted by atomic mass is 9.88. The maximum atomic E-state index is 9.93. The molecule has 0 spiro atoms. The van der Waals surface area contributed by atoms with Crippen molar-refractivity contribution in [1.29, 1.82) is 0 Å². The first-order valence-corrected chi connectivity index (χ1v) is 7.80. The average molecular weight is 288 g/mol. The Kier molecular flexibility index (Phi) is 8.33. The third-order valence-electron chi connectivity index (χ3n) is 4.03. The van der Waals surface area contributed by atoms with E-state index in [0.29, 0.717) is 5.57 Å². The first-order valence-electron chi connectivity index (χ1n) is 7.80. The van der Waals surface area contributed by atoms with Crippen molar-refractivity contribution in [3.05, 3.63) is 11.6 Å². The molecule has 0 bridgehead atoms. The lowest BCUT2D eigenvalue weighted by Crippen LogP contribution is -2.93. The first-order chi connectivity index (χ1) is 9.61. The van der Waals surface area contributed by atoms with Crippen LogP contribution in [-0.2, 0) is 0 Å². The number of unbranched alkanes of at least 4 members (excludes halogenated alkanes) is 5. The zero-order chi connectivity index (χ0) is 15.0. The van der Waals surface area contributed by atoms with E-state index in [1.54, 1.807) is 6.08 Å². The molecule has 1 aliphatic rings. The molecule has 5 nitrogen and oxygen atoms in total. The molecule has 0 saturated carbocycles. The second kappa shape index (κ2) is 9.47. The zero-order valence-electron chi connectivity index (χ0n) is 12.4. The zero-order valence-corrected chi connectivity index (χ0v) is 12.4. The fraction of sp³-hybridized carbons (Fsp3) is 0.867. The minimum Gasteiger partial charge on any atom is -0.392 e. The highest BCUT2D eigenvalue weighted by Crippen LogP contribution is 2.18. The summed E-state index contributed by atoms with van der Waals surface area (Å²) < 4.78 is 0. The molecule has 6 N–H and O–H groups in total. The first kappa shape index (κ1) is 17.6. The minimum atomic E-state index is -1.21. The molecule has 0 aromatic rings. The molecule has 1 aliphatic carbocycles. The average Bonchev–Trinajstić information content (AvgIpc) is 2.46. The smallest absolute Gasteiger partial charge is 0.138 e. The second-order valence-corrected chi connectivity index (χ2v) is 5.70. The Bertz CT molecular complexity index is 296. The molecule has 0 amide bonds. The van der Waals surface area contributed by atoms with Crippen LogP contribution in [0, 0.1) is 0 Å². The summed E-state index contributed by atoms with van der Waals surface area (Å²) in [6.07, 6.45) is 5.64. The molecule has 0 saturated heterocycles. The summed E-state index contributed by atoms with van der Waals surface area (Å²) in [5.74, 6) is 0. The number of hydrogen-bond donors (Lipinski definition) is 5. The van der Waals surface area contributed by atoms with Crippen LogP contribution in [-0.4, -0.2) is 57.9 Å². The Morgan fingerprint density at radius 2 is 1.65 bits per heavy atom. The van der Waals surface area contributed by atoms with Gasteiger partial charge in [-0.1, -0.05) is 32.6 Å². The second-order valence-electron chi connectivity index (χ2n) is 5.70. The van der Waals surface area contributed by atoms with Crippen LogP contribution in [0.2, 0.25) is 0 Å². The van der Waals surface area contributed by atoms with Gasteiger partial charge in [0.1, 0.15) is 24.4 Å². The highest BCUT2D eigenvalue weighted by Gasteiger charge is 2.38. The van der Waals surface area contributed by atoms with Crippen molar-refractivity contribution >= 4 is 0 Å². The van der Waals surface area contributed by atoms with Crippen molar-refractivity contribution in [1.82, 2.24) is 0 Å². The Morgan fingerprint density at radius 3 is 2.30 bits per heavy atom. The quantitative estimate of drug-likeness (QED) is 0.286. The molecule has 4 atom stereocenters. The van der Waals surface area contributed by atoms with Crippen molar-refractivity contribution in [2.75, 3.05) is 13.2 Å². The lowest BCUT2D eigenvalue weighted by Gasteiger charge is -2.32. The van der Waals surface area contributed by atoms with E-state index in [9.17, 15) is 15.3 Å². The van der Waals surface area contributed by atoms with E-state index < -0.39 is 18.3 Å². The van der Waals surface area contributed by atoms with Crippen LogP contribution in [0.5, 0.6) is 0 Å². The van der Waals surface area contributed by atoms with E-state index in [2.05, 4.69) is 6.92 Å². The van der Waals surface area contributed by atoms with E-state index in [0.717, 1.165) is 13.0 Å². The number of aliphatic hydroxyl groups excluding tert-OH is 4. The van der Waals surface area contributed by atoms with E-state index in [-0.39, 0.29) is 12.6 Å². The van der Waals surface area contributed by atoms with Crippen LogP contribution in [0.4, 0.5) is 0 Å². The van der Waals surface area contributed by atoms with Crippen molar-refractivity contribution in [3.63, 3.8) is 0 Å². The van der Waals surface area contributed by atoms with Crippen LogP contribution < -0.4 is 5.32 Å². The SMILES string of the molecule is CCCCCCCC[NH2+][C@@H]1C=C(CO)[C@@H](O)[C@H](O)[C@H]1O. The highest BCUT2D eigenvalue weighted by molar-refractivity contribution is 5.19. The topological polar surface area (TPSA) is 97.5 Å². The number of nitrogens with two attached hydrogens (primary N) is 1. The van der Waals surface area contributed by atoms with Crippen molar-refractivity contribution in [2.24, 2.45) is 0 Å². The summed E-state index contributed by atoms with van der Waals surface area (Å²) in [7, 11) is 0. The summed E-state index contributed by atoms with van der Waals surface area (Å²) >= 11 is 0. The fourth-order valence-corrected chi connectivity index (χ4v) is 2.67. The molecule has 0 aliphatic heterocycles. The van der Waals surface area contributed by atoms with Crippen LogP contribution in [0.1, 0.15) is 45.4 Å². The molecule has 1 rings (SSSR count). The van der Waals surface area contributed by atoms with E-state index in [1.807, 2.05) is 5.32 Å². The standard InChI is InChI=1S/C15H29NO4/c1-2-3-4-5-6-7-8-16-12-9-11(10-17)13(18)15(20)14(12)19/h9,12-20H,2-8,10H2,1H3/p+1/t12-,13-,14+,15+/m1/s1. The van der Waals surface area contributed by atoms with Gasteiger partial charge in [-0.3, -0.25) is 0 Å². The monoisotopic (exact) mass is 288 g/mol. The fourth-order valence-electron chi connectivity index (χ4n) is 2.67. The maximum Gasteiger partial charge on any atom is 0.138 e. The predicted octanol–water partition coefficient (Wildman–Crippen LogP) is -0.706. The third kappa shape index (κ3) is 5.14. The molecule has 0 aromatic carbocycles. The van der Waals surface area contributed by atoms with Gasteiger partial charge in [0.15, 0.2) is 0 Å². The molecule has 0 unspecified atom stereocenters. The summed E-state index contributed by atoms with van der Waals surface area (Å²) in [5.41, 5.74) is 0.395. The molecule has 0 aromatic heterocycles. The van der Waals surface area contributed by atoms with Crippen LogP contribution in [0.3, 0.4) is 0 Å².